The number of benzene rings is 1. The molecule has 2 heteroatoms. The molecule has 0 amide bonds. The number of ether oxygens (including phenoxy) is 1. The predicted octanol–water partition coefficient (Wildman–Crippen LogP) is 2.88. The molecule has 0 saturated heterocycles. The largest absolute Gasteiger partial charge is 0.466 e. The minimum absolute atomic E-state index is 0.313. The van der Waals surface area contributed by atoms with E-state index in [0.717, 1.165) is 11.1 Å². The molecule has 0 aliphatic rings. The van der Waals surface area contributed by atoms with Gasteiger partial charge in [0.15, 0.2) is 0 Å². The van der Waals surface area contributed by atoms with Crippen LogP contribution < -0.4 is 0 Å². The van der Waals surface area contributed by atoms with Crippen molar-refractivity contribution in [2.24, 2.45) is 0 Å². The van der Waals surface area contributed by atoms with Crippen molar-refractivity contribution in [3.63, 3.8) is 0 Å². The molecule has 1 aromatic rings. The topological polar surface area (TPSA) is 26.3 Å². The van der Waals surface area contributed by atoms with Crippen molar-refractivity contribution >= 4 is 11.5 Å². The highest BCUT2D eigenvalue weighted by Gasteiger charge is 2.01. The number of carbonyl (C=O) groups excluding carboxylic acids is 1. The third-order valence-corrected chi connectivity index (χ3v) is 2.21. The lowest BCUT2D eigenvalue weighted by atomic mass is 10.0. The van der Waals surface area contributed by atoms with Gasteiger partial charge < -0.3 is 4.74 Å². The van der Waals surface area contributed by atoms with E-state index in [1.54, 1.807) is 0 Å². The molecule has 0 bridgehead atoms. The van der Waals surface area contributed by atoms with E-state index in [4.69, 9.17) is 0 Å². The number of methoxy groups -OCH3 is 1. The van der Waals surface area contributed by atoms with Gasteiger partial charge in [-0.25, -0.2) is 4.79 Å². The van der Waals surface area contributed by atoms with Crippen LogP contribution in [0.15, 0.2) is 24.3 Å². The highest BCUT2D eigenvalue weighted by molar-refractivity contribution is 5.90. The quantitative estimate of drug-likeness (QED) is 0.547. The zero-order chi connectivity index (χ0) is 11.4. The van der Waals surface area contributed by atoms with E-state index in [0.29, 0.717) is 0 Å². The lowest BCUT2D eigenvalue weighted by molar-refractivity contribution is -0.134. The molecule has 0 fully saturated rings. The van der Waals surface area contributed by atoms with E-state index >= 15 is 0 Å². The Morgan fingerprint density at radius 1 is 1.20 bits per heavy atom. The van der Waals surface area contributed by atoms with Crippen LogP contribution in [0.4, 0.5) is 0 Å². The van der Waals surface area contributed by atoms with Crippen LogP contribution in [0, 0.1) is 13.8 Å². The molecule has 2 nitrogen and oxygen atoms in total. The molecule has 0 N–H and O–H groups in total. The van der Waals surface area contributed by atoms with Crippen LogP contribution in [0.5, 0.6) is 0 Å². The molecule has 0 aliphatic carbocycles. The van der Waals surface area contributed by atoms with Crippen molar-refractivity contribution in [3.05, 3.63) is 41.0 Å². The molecule has 1 rings (SSSR count). The molecule has 80 valence electrons. The maximum Gasteiger partial charge on any atom is 0.330 e. The first-order chi connectivity index (χ1) is 7.02. The fourth-order valence-electron chi connectivity index (χ4n) is 1.52. The summed E-state index contributed by atoms with van der Waals surface area (Å²) in [7, 11) is 1.38. The molecule has 0 aliphatic heterocycles. The SMILES string of the molecule is COC(=O)/C=C(/C)c1cc(C)cc(C)c1. The van der Waals surface area contributed by atoms with Gasteiger partial charge in [-0.15, -0.1) is 0 Å². The molecule has 1 aromatic carbocycles. The van der Waals surface area contributed by atoms with Crippen molar-refractivity contribution in [2.45, 2.75) is 20.8 Å². The first-order valence-electron chi connectivity index (χ1n) is 4.88. The van der Waals surface area contributed by atoms with Gasteiger partial charge >= 0.3 is 5.97 Å². The summed E-state index contributed by atoms with van der Waals surface area (Å²) in [6, 6.07) is 6.22. The number of allylic oxidation sites excluding steroid dienone is 1. The average Bonchev–Trinajstić information content (AvgIpc) is 2.16. The van der Waals surface area contributed by atoms with Crippen LogP contribution in [0.1, 0.15) is 23.6 Å². The van der Waals surface area contributed by atoms with Gasteiger partial charge in [-0.2, -0.15) is 0 Å². The average molecular weight is 204 g/mol. The summed E-state index contributed by atoms with van der Waals surface area (Å²) in [5.74, 6) is -0.313. The summed E-state index contributed by atoms with van der Waals surface area (Å²) < 4.78 is 4.59. The van der Waals surface area contributed by atoms with Crippen LogP contribution in [-0.4, -0.2) is 13.1 Å². The summed E-state index contributed by atoms with van der Waals surface area (Å²) >= 11 is 0. The van der Waals surface area contributed by atoms with E-state index in [2.05, 4.69) is 22.9 Å². The van der Waals surface area contributed by atoms with Gasteiger partial charge in [-0.3, -0.25) is 0 Å². The number of aryl methyl sites for hydroxylation is 2. The molecule has 0 spiro atoms. The number of esters is 1. The van der Waals surface area contributed by atoms with E-state index in [1.807, 2.05) is 20.8 Å². The smallest absolute Gasteiger partial charge is 0.330 e. The third kappa shape index (κ3) is 3.24. The van der Waals surface area contributed by atoms with Crippen molar-refractivity contribution in [3.8, 4) is 0 Å². The number of rotatable bonds is 2. The Balaban J connectivity index is 3.05. The summed E-state index contributed by atoms with van der Waals surface area (Å²) in [6.07, 6.45) is 1.51. The van der Waals surface area contributed by atoms with E-state index in [9.17, 15) is 4.79 Å². The second-order valence-electron chi connectivity index (χ2n) is 3.73. The molecule has 0 unspecified atom stereocenters. The van der Waals surface area contributed by atoms with Crippen LogP contribution in [0.2, 0.25) is 0 Å². The van der Waals surface area contributed by atoms with Gasteiger partial charge in [0.1, 0.15) is 0 Å². The maximum absolute atomic E-state index is 11.1. The number of carbonyl (C=O) groups is 1. The van der Waals surface area contributed by atoms with E-state index < -0.39 is 0 Å². The summed E-state index contributed by atoms with van der Waals surface area (Å²) in [6.45, 7) is 6.00. The van der Waals surface area contributed by atoms with Gasteiger partial charge in [-0.1, -0.05) is 29.3 Å². The van der Waals surface area contributed by atoms with Crippen LogP contribution in [-0.2, 0) is 9.53 Å². The zero-order valence-corrected chi connectivity index (χ0v) is 9.63. The second kappa shape index (κ2) is 4.78. The minimum atomic E-state index is -0.313. The molecular weight excluding hydrogens is 188 g/mol. The van der Waals surface area contributed by atoms with Crippen molar-refractivity contribution in [1.82, 2.24) is 0 Å². The van der Waals surface area contributed by atoms with Crippen LogP contribution in [0.25, 0.3) is 5.57 Å². The lowest BCUT2D eigenvalue weighted by Gasteiger charge is -2.04. The zero-order valence-electron chi connectivity index (χ0n) is 9.63. The van der Waals surface area contributed by atoms with Crippen molar-refractivity contribution < 1.29 is 9.53 Å². The Hall–Kier alpha value is -1.57. The second-order valence-corrected chi connectivity index (χ2v) is 3.73. The van der Waals surface area contributed by atoms with Crippen molar-refractivity contribution in [1.29, 1.82) is 0 Å². The lowest BCUT2D eigenvalue weighted by Crippen LogP contribution is -1.96. The van der Waals surface area contributed by atoms with Gasteiger partial charge in [-0.05, 0) is 31.9 Å². The summed E-state index contributed by atoms with van der Waals surface area (Å²) in [5.41, 5.74) is 4.39. The van der Waals surface area contributed by atoms with Gasteiger partial charge in [0.25, 0.3) is 0 Å². The number of hydrogen-bond donors (Lipinski definition) is 0. The fourth-order valence-corrected chi connectivity index (χ4v) is 1.52. The fraction of sp³-hybridized carbons (Fsp3) is 0.308. The van der Waals surface area contributed by atoms with Gasteiger partial charge in [0, 0.05) is 6.08 Å². The van der Waals surface area contributed by atoms with Gasteiger partial charge in [0.2, 0.25) is 0 Å². The van der Waals surface area contributed by atoms with Crippen LogP contribution >= 0.6 is 0 Å². The minimum Gasteiger partial charge on any atom is -0.466 e. The Morgan fingerprint density at radius 3 is 2.20 bits per heavy atom. The molecule has 0 radical (unpaired) electrons. The molecular formula is C13H16O2. The molecule has 15 heavy (non-hydrogen) atoms. The molecule has 0 saturated carbocycles. The maximum atomic E-state index is 11.1. The first kappa shape index (κ1) is 11.5. The molecule has 0 aromatic heterocycles. The Kier molecular flexibility index (Phi) is 3.67. The molecule has 0 atom stereocenters. The predicted molar refractivity (Wildman–Crippen MR) is 61.6 cm³/mol. The summed E-state index contributed by atoms with van der Waals surface area (Å²) in [5, 5.41) is 0. The van der Waals surface area contributed by atoms with Gasteiger partial charge in [0.05, 0.1) is 7.11 Å². The summed E-state index contributed by atoms with van der Waals surface area (Å²) in [4.78, 5) is 11.1. The van der Waals surface area contributed by atoms with E-state index in [1.165, 1.54) is 24.3 Å². The van der Waals surface area contributed by atoms with Crippen LogP contribution in [0.3, 0.4) is 0 Å². The van der Waals surface area contributed by atoms with Crippen molar-refractivity contribution in [2.75, 3.05) is 7.11 Å². The van der Waals surface area contributed by atoms with E-state index in [-0.39, 0.29) is 5.97 Å². The highest BCUT2D eigenvalue weighted by atomic mass is 16.5. The monoisotopic (exact) mass is 204 g/mol. The first-order valence-corrected chi connectivity index (χ1v) is 4.88. The Morgan fingerprint density at radius 2 is 1.73 bits per heavy atom. The standard InChI is InChI=1S/C13H16O2/c1-9-5-10(2)7-12(6-9)11(3)8-13(14)15-4/h5-8H,1-4H3/b11-8-. The number of hydrogen-bond acceptors (Lipinski definition) is 2. The molecule has 0 heterocycles. The third-order valence-electron chi connectivity index (χ3n) is 2.21. The highest BCUT2D eigenvalue weighted by Crippen LogP contribution is 2.17. The normalized spacial score (nSPS) is 11.3. The Labute approximate surface area is 90.6 Å². The Bertz CT molecular complexity index is 383.